The molecule has 0 aliphatic carbocycles. The topological polar surface area (TPSA) is 21.3 Å². The van der Waals surface area contributed by atoms with Crippen molar-refractivity contribution in [2.24, 2.45) is 0 Å². The van der Waals surface area contributed by atoms with Gasteiger partial charge in [0.05, 0.1) is 0 Å². The Morgan fingerprint density at radius 1 is 1.12 bits per heavy atom. The second-order valence-electron chi connectivity index (χ2n) is 3.45. The summed E-state index contributed by atoms with van der Waals surface area (Å²) < 4.78 is 7.91. The van der Waals surface area contributed by atoms with Crippen LogP contribution in [-0.4, -0.2) is 24.1 Å². The second kappa shape index (κ2) is 9.24. The van der Waals surface area contributed by atoms with E-state index in [9.17, 15) is 0 Å². The minimum atomic E-state index is 0.728. The number of hydrogen-bond acceptors (Lipinski definition) is 2. The third-order valence-electron chi connectivity index (χ3n) is 2.10. The number of benzene rings is 1. The van der Waals surface area contributed by atoms with Crippen molar-refractivity contribution in [1.29, 1.82) is 0 Å². The van der Waals surface area contributed by atoms with Gasteiger partial charge < -0.3 is 10.1 Å². The van der Waals surface area contributed by atoms with Gasteiger partial charge in [-0.05, 0) is 48.1 Å². The summed E-state index contributed by atoms with van der Waals surface area (Å²) in [5.74, 6) is 0.928. The fraction of sp³-hybridized carbons (Fsp3) is 0.500. The Labute approximate surface area is 119 Å². The summed E-state index contributed by atoms with van der Waals surface area (Å²) >= 11 is 5.80. The zero-order valence-corrected chi connectivity index (χ0v) is 13.0. The number of rotatable bonds is 8. The van der Waals surface area contributed by atoms with Crippen LogP contribution >= 0.6 is 38.5 Å². The molecule has 1 aromatic carbocycles. The molecule has 16 heavy (non-hydrogen) atoms. The van der Waals surface area contributed by atoms with Gasteiger partial charge in [-0.1, -0.05) is 38.5 Å². The maximum absolute atomic E-state index is 5.58. The van der Waals surface area contributed by atoms with E-state index in [-0.39, 0.29) is 0 Å². The van der Waals surface area contributed by atoms with Crippen LogP contribution in [0, 0.1) is 0 Å². The lowest BCUT2D eigenvalue weighted by molar-refractivity contribution is 0.314. The number of nitrogens with one attached hydrogen (secondary N) is 1. The summed E-state index contributed by atoms with van der Waals surface area (Å²) in [4.78, 5) is 0. The molecular weight excluding hydrogens is 381 g/mol. The molecule has 1 N–H and O–H groups in total. The van der Waals surface area contributed by atoms with E-state index in [1.165, 1.54) is 17.3 Å². The molecule has 4 heteroatoms. The molecule has 0 aliphatic heterocycles. The minimum absolute atomic E-state index is 0.728. The molecule has 0 fully saturated rings. The Balaban J connectivity index is 2.01. The summed E-state index contributed by atoms with van der Waals surface area (Å²) in [6.07, 6.45) is 2.54. The van der Waals surface area contributed by atoms with Crippen LogP contribution in [0.2, 0.25) is 0 Å². The Morgan fingerprint density at radius 3 is 2.56 bits per heavy atom. The highest BCUT2D eigenvalue weighted by molar-refractivity contribution is 14.1. The smallest absolute Gasteiger partial charge is 0.119 e. The Hall–Kier alpha value is 0.190. The van der Waals surface area contributed by atoms with Crippen molar-refractivity contribution in [3.05, 3.63) is 28.7 Å². The predicted octanol–water partition coefficient (Wildman–Crippen LogP) is 3.63. The summed E-state index contributed by atoms with van der Waals surface area (Å²) in [6, 6.07) is 7.92. The molecule has 2 nitrogen and oxygen atoms in total. The molecule has 0 saturated heterocycles. The normalized spacial score (nSPS) is 10.4. The molecule has 0 heterocycles. The lowest BCUT2D eigenvalue weighted by Gasteiger charge is -2.07. The third kappa shape index (κ3) is 6.70. The molecule has 0 aromatic heterocycles. The quantitative estimate of drug-likeness (QED) is 0.411. The van der Waals surface area contributed by atoms with Gasteiger partial charge in [-0.3, -0.25) is 0 Å². The van der Waals surface area contributed by atoms with E-state index in [2.05, 4.69) is 43.8 Å². The SMILES string of the molecule is Brc1ccc(OCCNCCCCI)cc1. The van der Waals surface area contributed by atoms with Crippen molar-refractivity contribution >= 4 is 38.5 Å². The average Bonchev–Trinajstić information content (AvgIpc) is 2.30. The first kappa shape index (κ1) is 14.3. The van der Waals surface area contributed by atoms with Gasteiger partial charge in [-0.25, -0.2) is 0 Å². The Morgan fingerprint density at radius 2 is 1.88 bits per heavy atom. The number of hydrogen-bond donors (Lipinski definition) is 1. The first-order chi connectivity index (χ1) is 7.83. The van der Waals surface area contributed by atoms with Crippen molar-refractivity contribution in [3.63, 3.8) is 0 Å². The van der Waals surface area contributed by atoms with Crippen molar-refractivity contribution in [3.8, 4) is 5.75 Å². The summed E-state index contributed by atoms with van der Waals surface area (Å²) in [7, 11) is 0. The highest BCUT2D eigenvalue weighted by Crippen LogP contribution is 2.15. The van der Waals surface area contributed by atoms with Crippen molar-refractivity contribution in [2.45, 2.75) is 12.8 Å². The number of unbranched alkanes of at least 4 members (excludes halogenated alkanes) is 1. The predicted molar refractivity (Wildman–Crippen MR) is 80.6 cm³/mol. The largest absolute Gasteiger partial charge is 0.492 e. The van der Waals surface area contributed by atoms with Crippen LogP contribution in [0.5, 0.6) is 5.75 Å². The molecular formula is C12H17BrINO. The standard InChI is InChI=1S/C12H17BrINO/c13-11-3-5-12(6-4-11)16-10-9-15-8-2-1-7-14/h3-6,15H,1-2,7-10H2. The molecule has 1 aromatic rings. The third-order valence-corrected chi connectivity index (χ3v) is 3.39. The molecule has 0 spiro atoms. The number of halogens is 2. The van der Waals surface area contributed by atoms with E-state index < -0.39 is 0 Å². The van der Waals surface area contributed by atoms with Crippen LogP contribution in [0.15, 0.2) is 28.7 Å². The Bertz CT molecular complexity index is 279. The van der Waals surface area contributed by atoms with E-state index in [0.29, 0.717) is 0 Å². The van der Waals surface area contributed by atoms with Gasteiger partial charge in [0.1, 0.15) is 12.4 Å². The summed E-state index contributed by atoms with van der Waals surface area (Å²) in [5, 5.41) is 3.36. The fourth-order valence-corrected chi connectivity index (χ4v) is 2.05. The molecule has 1 rings (SSSR count). The maximum Gasteiger partial charge on any atom is 0.119 e. The van der Waals surface area contributed by atoms with Crippen LogP contribution in [0.25, 0.3) is 0 Å². The van der Waals surface area contributed by atoms with Crippen LogP contribution in [0.1, 0.15) is 12.8 Å². The molecule has 0 saturated carbocycles. The first-order valence-corrected chi connectivity index (χ1v) is 7.80. The molecule has 0 amide bonds. The van der Waals surface area contributed by atoms with Gasteiger partial charge in [0.15, 0.2) is 0 Å². The lowest BCUT2D eigenvalue weighted by atomic mass is 10.3. The zero-order chi connectivity index (χ0) is 11.6. The maximum atomic E-state index is 5.58. The monoisotopic (exact) mass is 397 g/mol. The lowest BCUT2D eigenvalue weighted by Crippen LogP contribution is -2.22. The average molecular weight is 398 g/mol. The van der Waals surface area contributed by atoms with E-state index in [0.717, 1.165) is 29.9 Å². The molecule has 0 radical (unpaired) electrons. The van der Waals surface area contributed by atoms with Gasteiger partial charge in [0.25, 0.3) is 0 Å². The summed E-state index contributed by atoms with van der Waals surface area (Å²) in [6.45, 7) is 2.73. The second-order valence-corrected chi connectivity index (χ2v) is 5.44. The fourth-order valence-electron chi connectivity index (χ4n) is 1.24. The molecule has 90 valence electrons. The van der Waals surface area contributed by atoms with Gasteiger partial charge in [0.2, 0.25) is 0 Å². The highest BCUT2D eigenvalue weighted by Gasteiger charge is 1.93. The van der Waals surface area contributed by atoms with E-state index in [1.807, 2.05) is 24.3 Å². The number of ether oxygens (including phenoxy) is 1. The summed E-state index contributed by atoms with van der Waals surface area (Å²) in [5.41, 5.74) is 0. The minimum Gasteiger partial charge on any atom is -0.492 e. The van der Waals surface area contributed by atoms with Crippen LogP contribution in [-0.2, 0) is 0 Å². The first-order valence-electron chi connectivity index (χ1n) is 5.48. The van der Waals surface area contributed by atoms with Crippen LogP contribution in [0.3, 0.4) is 0 Å². The van der Waals surface area contributed by atoms with Crippen molar-refractivity contribution in [1.82, 2.24) is 5.32 Å². The van der Waals surface area contributed by atoms with E-state index >= 15 is 0 Å². The Kier molecular flexibility index (Phi) is 8.23. The molecule has 0 atom stereocenters. The molecule has 0 unspecified atom stereocenters. The van der Waals surface area contributed by atoms with Crippen LogP contribution < -0.4 is 10.1 Å². The van der Waals surface area contributed by atoms with Crippen LogP contribution in [0.4, 0.5) is 0 Å². The van der Waals surface area contributed by atoms with Gasteiger partial charge in [-0.15, -0.1) is 0 Å². The van der Waals surface area contributed by atoms with Crippen molar-refractivity contribution < 1.29 is 4.74 Å². The molecule has 0 aliphatic rings. The van der Waals surface area contributed by atoms with Crippen molar-refractivity contribution in [2.75, 3.05) is 24.1 Å². The highest BCUT2D eigenvalue weighted by atomic mass is 127. The van der Waals surface area contributed by atoms with E-state index in [1.54, 1.807) is 0 Å². The molecule has 0 bridgehead atoms. The van der Waals surface area contributed by atoms with Gasteiger partial charge >= 0.3 is 0 Å². The van der Waals surface area contributed by atoms with Gasteiger partial charge in [-0.2, -0.15) is 0 Å². The van der Waals surface area contributed by atoms with E-state index in [4.69, 9.17) is 4.74 Å². The number of alkyl halides is 1. The zero-order valence-electron chi connectivity index (χ0n) is 9.22. The van der Waals surface area contributed by atoms with Gasteiger partial charge in [0, 0.05) is 11.0 Å².